The molecule has 0 aliphatic carbocycles. The van der Waals surface area contributed by atoms with Crippen LogP contribution in [0.4, 0.5) is 0 Å². The molecule has 1 aromatic heterocycles. The van der Waals surface area contributed by atoms with Crippen molar-refractivity contribution in [1.29, 1.82) is 0 Å². The molecule has 0 radical (unpaired) electrons. The van der Waals surface area contributed by atoms with E-state index in [1.54, 1.807) is 6.07 Å². The molecule has 0 fully saturated rings. The van der Waals surface area contributed by atoms with Crippen LogP contribution in [0, 0.1) is 5.41 Å². The van der Waals surface area contributed by atoms with Gasteiger partial charge in [-0.2, -0.15) is 0 Å². The third-order valence-corrected chi connectivity index (χ3v) is 3.00. The Bertz CT molecular complexity index is 430. The SMILES string of the molecule is CC(C)(CCO)CNC(=O)c1cc(C(C)(C)C)on1. The maximum absolute atomic E-state index is 11.9. The van der Waals surface area contributed by atoms with Gasteiger partial charge in [0.05, 0.1) is 0 Å². The van der Waals surface area contributed by atoms with Gasteiger partial charge in [-0.1, -0.05) is 39.8 Å². The lowest BCUT2D eigenvalue weighted by atomic mass is 9.89. The quantitative estimate of drug-likeness (QED) is 0.857. The fourth-order valence-corrected chi connectivity index (χ4v) is 1.54. The van der Waals surface area contributed by atoms with Crippen LogP contribution in [0.1, 0.15) is 57.3 Å². The first-order valence-electron chi connectivity index (χ1n) is 6.52. The fourth-order valence-electron chi connectivity index (χ4n) is 1.54. The minimum absolute atomic E-state index is 0.112. The van der Waals surface area contributed by atoms with Crippen LogP contribution in [0.25, 0.3) is 0 Å². The van der Waals surface area contributed by atoms with Crippen molar-refractivity contribution in [2.45, 2.75) is 46.5 Å². The van der Waals surface area contributed by atoms with E-state index in [0.29, 0.717) is 24.4 Å². The van der Waals surface area contributed by atoms with Crippen molar-refractivity contribution in [2.75, 3.05) is 13.2 Å². The summed E-state index contributed by atoms with van der Waals surface area (Å²) in [5.74, 6) is 0.442. The summed E-state index contributed by atoms with van der Waals surface area (Å²) in [4.78, 5) is 11.9. The Hall–Kier alpha value is -1.36. The van der Waals surface area contributed by atoms with Crippen LogP contribution in [0.5, 0.6) is 0 Å². The molecule has 0 aromatic carbocycles. The van der Waals surface area contributed by atoms with Crippen molar-refractivity contribution in [1.82, 2.24) is 10.5 Å². The summed E-state index contributed by atoms with van der Waals surface area (Å²) in [6.07, 6.45) is 0.638. The highest BCUT2D eigenvalue weighted by Gasteiger charge is 2.23. The van der Waals surface area contributed by atoms with E-state index in [-0.39, 0.29) is 23.3 Å². The number of hydrogen-bond acceptors (Lipinski definition) is 4. The van der Waals surface area contributed by atoms with Gasteiger partial charge in [0.25, 0.3) is 5.91 Å². The van der Waals surface area contributed by atoms with Crippen molar-refractivity contribution in [3.8, 4) is 0 Å². The van der Waals surface area contributed by atoms with Gasteiger partial charge in [0.15, 0.2) is 5.69 Å². The normalized spacial score (nSPS) is 12.5. The minimum atomic E-state index is -0.245. The van der Waals surface area contributed by atoms with E-state index >= 15 is 0 Å². The number of aliphatic hydroxyl groups excluding tert-OH is 1. The van der Waals surface area contributed by atoms with E-state index in [4.69, 9.17) is 9.63 Å². The first-order valence-corrected chi connectivity index (χ1v) is 6.52. The Labute approximate surface area is 114 Å². The molecule has 19 heavy (non-hydrogen) atoms. The highest BCUT2D eigenvalue weighted by atomic mass is 16.5. The molecule has 5 heteroatoms. The van der Waals surface area contributed by atoms with Crippen molar-refractivity contribution in [3.05, 3.63) is 17.5 Å². The van der Waals surface area contributed by atoms with E-state index in [2.05, 4.69) is 10.5 Å². The molecule has 5 nitrogen and oxygen atoms in total. The zero-order chi connectivity index (χ0) is 14.7. The van der Waals surface area contributed by atoms with Gasteiger partial charge in [-0.05, 0) is 11.8 Å². The van der Waals surface area contributed by atoms with Crippen molar-refractivity contribution in [2.24, 2.45) is 5.41 Å². The van der Waals surface area contributed by atoms with Crippen LogP contribution >= 0.6 is 0 Å². The third-order valence-electron chi connectivity index (χ3n) is 3.00. The Balaban J connectivity index is 2.62. The van der Waals surface area contributed by atoms with E-state index in [1.807, 2.05) is 34.6 Å². The molecule has 0 aliphatic heterocycles. The number of amides is 1. The molecule has 0 saturated heterocycles. The smallest absolute Gasteiger partial charge is 0.273 e. The van der Waals surface area contributed by atoms with E-state index in [1.165, 1.54) is 0 Å². The lowest BCUT2D eigenvalue weighted by molar-refractivity contribution is 0.0919. The monoisotopic (exact) mass is 268 g/mol. The zero-order valence-electron chi connectivity index (χ0n) is 12.4. The molecular formula is C14H24N2O3. The Morgan fingerprint density at radius 1 is 1.37 bits per heavy atom. The summed E-state index contributed by atoms with van der Waals surface area (Å²) < 4.78 is 5.18. The lowest BCUT2D eigenvalue weighted by Crippen LogP contribution is -2.34. The Morgan fingerprint density at radius 3 is 2.47 bits per heavy atom. The number of hydrogen-bond donors (Lipinski definition) is 2. The molecule has 1 aromatic rings. The molecule has 2 N–H and O–H groups in total. The van der Waals surface area contributed by atoms with Crippen LogP contribution < -0.4 is 5.32 Å². The molecule has 108 valence electrons. The van der Waals surface area contributed by atoms with Crippen molar-refractivity contribution in [3.63, 3.8) is 0 Å². The molecule has 0 spiro atoms. The Kier molecular flexibility index (Phi) is 4.74. The van der Waals surface area contributed by atoms with Crippen LogP contribution in [0.2, 0.25) is 0 Å². The molecule has 1 heterocycles. The minimum Gasteiger partial charge on any atom is -0.396 e. The van der Waals surface area contributed by atoms with Gasteiger partial charge in [0.2, 0.25) is 0 Å². The Morgan fingerprint density at radius 2 is 2.00 bits per heavy atom. The van der Waals surface area contributed by atoms with Gasteiger partial charge in [-0.3, -0.25) is 4.79 Å². The third kappa shape index (κ3) is 4.67. The summed E-state index contributed by atoms with van der Waals surface area (Å²) in [6, 6.07) is 1.67. The van der Waals surface area contributed by atoms with Crippen molar-refractivity contribution >= 4 is 5.91 Å². The van der Waals surface area contributed by atoms with Gasteiger partial charge < -0.3 is 14.9 Å². The van der Waals surface area contributed by atoms with Crippen LogP contribution in [0.15, 0.2) is 10.6 Å². The number of nitrogens with one attached hydrogen (secondary N) is 1. The van der Waals surface area contributed by atoms with Gasteiger partial charge in [-0.25, -0.2) is 0 Å². The van der Waals surface area contributed by atoms with Crippen LogP contribution in [-0.4, -0.2) is 29.3 Å². The standard InChI is InChI=1S/C14H24N2O3/c1-13(2,3)11-8-10(16-19-11)12(18)15-9-14(4,5)6-7-17/h8,17H,6-7,9H2,1-5H3,(H,15,18). The summed E-state index contributed by atoms with van der Waals surface area (Å²) in [5.41, 5.74) is -0.00684. The average molecular weight is 268 g/mol. The molecule has 0 bridgehead atoms. The summed E-state index contributed by atoms with van der Waals surface area (Å²) in [6.45, 7) is 10.6. The number of aliphatic hydroxyl groups is 1. The van der Waals surface area contributed by atoms with Gasteiger partial charge in [0, 0.05) is 24.6 Å². The second-order valence-electron chi connectivity index (χ2n) is 6.65. The molecule has 0 unspecified atom stereocenters. The predicted octanol–water partition coefficient (Wildman–Crippen LogP) is 2.11. The second kappa shape index (κ2) is 5.74. The highest BCUT2D eigenvalue weighted by Crippen LogP contribution is 2.23. The lowest BCUT2D eigenvalue weighted by Gasteiger charge is -2.23. The van der Waals surface area contributed by atoms with Crippen LogP contribution in [-0.2, 0) is 5.41 Å². The number of nitrogens with zero attached hydrogens (tertiary/aromatic N) is 1. The fraction of sp³-hybridized carbons (Fsp3) is 0.714. The molecule has 0 atom stereocenters. The predicted molar refractivity (Wildman–Crippen MR) is 73.0 cm³/mol. The van der Waals surface area contributed by atoms with Crippen molar-refractivity contribution < 1.29 is 14.4 Å². The second-order valence-corrected chi connectivity index (χ2v) is 6.65. The summed E-state index contributed by atoms with van der Waals surface area (Å²) in [7, 11) is 0. The van der Waals surface area contributed by atoms with E-state index in [9.17, 15) is 4.79 Å². The van der Waals surface area contributed by atoms with Gasteiger partial charge in [0.1, 0.15) is 5.76 Å². The first kappa shape index (κ1) is 15.7. The van der Waals surface area contributed by atoms with E-state index in [0.717, 1.165) is 0 Å². The molecule has 0 saturated carbocycles. The molecular weight excluding hydrogens is 244 g/mol. The molecule has 1 amide bonds. The largest absolute Gasteiger partial charge is 0.396 e. The summed E-state index contributed by atoms with van der Waals surface area (Å²) in [5, 5.41) is 15.5. The number of aromatic nitrogens is 1. The number of carbonyl (C=O) groups is 1. The van der Waals surface area contributed by atoms with E-state index < -0.39 is 0 Å². The first-order chi connectivity index (χ1) is 8.65. The number of rotatable bonds is 5. The van der Waals surface area contributed by atoms with Gasteiger partial charge >= 0.3 is 0 Å². The highest BCUT2D eigenvalue weighted by molar-refractivity contribution is 5.92. The van der Waals surface area contributed by atoms with Gasteiger partial charge in [-0.15, -0.1) is 0 Å². The topological polar surface area (TPSA) is 75.4 Å². The molecule has 1 rings (SSSR count). The van der Waals surface area contributed by atoms with Crippen LogP contribution in [0.3, 0.4) is 0 Å². The maximum Gasteiger partial charge on any atom is 0.273 e. The summed E-state index contributed by atoms with van der Waals surface area (Å²) >= 11 is 0. The number of carbonyl (C=O) groups excluding carboxylic acids is 1. The zero-order valence-corrected chi connectivity index (χ0v) is 12.4. The average Bonchev–Trinajstić information content (AvgIpc) is 2.74. The molecule has 0 aliphatic rings. The maximum atomic E-state index is 11.9.